The van der Waals surface area contributed by atoms with Gasteiger partial charge in [0.15, 0.2) is 0 Å². The van der Waals surface area contributed by atoms with Crippen LogP contribution in [-0.4, -0.2) is 17.9 Å². The zero-order valence-electron chi connectivity index (χ0n) is 6.89. The lowest BCUT2D eigenvalue weighted by atomic mass is 10.3. The maximum atomic E-state index is 10.9. The van der Waals surface area contributed by atoms with Crippen LogP contribution >= 0.6 is 15.9 Å². The van der Waals surface area contributed by atoms with Crippen LogP contribution in [0.4, 0.5) is 0 Å². The SMILES string of the molecule is CC=C(C)C(=O)OCCCBr. The highest BCUT2D eigenvalue weighted by molar-refractivity contribution is 9.09. The average molecular weight is 221 g/mol. The second-order valence-corrected chi connectivity index (χ2v) is 2.94. The molecular weight excluding hydrogens is 208 g/mol. The van der Waals surface area contributed by atoms with Crippen LogP contribution in [0.15, 0.2) is 11.6 Å². The zero-order valence-corrected chi connectivity index (χ0v) is 8.48. The summed E-state index contributed by atoms with van der Waals surface area (Å²) >= 11 is 3.25. The standard InChI is InChI=1S/C8H13BrO2/c1-3-7(2)8(10)11-6-4-5-9/h3H,4-6H2,1-2H3. The molecule has 0 heterocycles. The quantitative estimate of drug-likeness (QED) is 0.315. The molecule has 0 bridgehead atoms. The maximum Gasteiger partial charge on any atom is 0.333 e. The van der Waals surface area contributed by atoms with Gasteiger partial charge in [0, 0.05) is 10.9 Å². The molecule has 0 aliphatic carbocycles. The van der Waals surface area contributed by atoms with Crippen molar-refractivity contribution in [2.75, 3.05) is 11.9 Å². The molecule has 0 aromatic heterocycles. The van der Waals surface area contributed by atoms with Gasteiger partial charge in [-0.3, -0.25) is 0 Å². The molecule has 0 rings (SSSR count). The molecule has 0 unspecified atom stereocenters. The Balaban J connectivity index is 3.53. The molecule has 0 aliphatic rings. The second-order valence-electron chi connectivity index (χ2n) is 2.15. The first-order valence-corrected chi connectivity index (χ1v) is 4.70. The number of alkyl halides is 1. The van der Waals surface area contributed by atoms with E-state index in [9.17, 15) is 4.79 Å². The van der Waals surface area contributed by atoms with Gasteiger partial charge >= 0.3 is 5.97 Å². The van der Waals surface area contributed by atoms with Gasteiger partial charge in [-0.2, -0.15) is 0 Å². The van der Waals surface area contributed by atoms with Gasteiger partial charge in [0.1, 0.15) is 0 Å². The van der Waals surface area contributed by atoms with E-state index in [1.807, 2.05) is 6.92 Å². The molecule has 0 aliphatic heterocycles. The van der Waals surface area contributed by atoms with E-state index in [1.54, 1.807) is 13.0 Å². The minimum atomic E-state index is -0.214. The summed E-state index contributed by atoms with van der Waals surface area (Å²) in [6, 6.07) is 0. The van der Waals surface area contributed by atoms with Crippen LogP contribution in [0.5, 0.6) is 0 Å². The van der Waals surface area contributed by atoms with Crippen molar-refractivity contribution in [3.8, 4) is 0 Å². The average Bonchev–Trinajstić information content (AvgIpc) is 2.03. The summed E-state index contributed by atoms with van der Waals surface area (Å²) in [6.45, 7) is 4.06. The van der Waals surface area contributed by atoms with Gasteiger partial charge in [0.2, 0.25) is 0 Å². The Hall–Kier alpha value is -0.310. The van der Waals surface area contributed by atoms with E-state index in [-0.39, 0.29) is 5.97 Å². The molecule has 0 fully saturated rings. The molecule has 2 nitrogen and oxygen atoms in total. The molecule has 0 N–H and O–H groups in total. The Morgan fingerprint density at radius 1 is 1.64 bits per heavy atom. The monoisotopic (exact) mass is 220 g/mol. The van der Waals surface area contributed by atoms with Crippen molar-refractivity contribution in [3.63, 3.8) is 0 Å². The molecule has 0 radical (unpaired) electrons. The molecule has 0 spiro atoms. The van der Waals surface area contributed by atoms with Crippen molar-refractivity contribution in [1.29, 1.82) is 0 Å². The predicted molar refractivity (Wildman–Crippen MR) is 48.8 cm³/mol. The Morgan fingerprint density at radius 3 is 2.73 bits per heavy atom. The minimum absolute atomic E-state index is 0.214. The van der Waals surface area contributed by atoms with E-state index in [2.05, 4.69) is 15.9 Å². The lowest BCUT2D eigenvalue weighted by Gasteiger charge is -2.01. The van der Waals surface area contributed by atoms with Gasteiger partial charge in [-0.25, -0.2) is 4.79 Å². The van der Waals surface area contributed by atoms with Crippen molar-refractivity contribution in [2.45, 2.75) is 20.3 Å². The number of carbonyl (C=O) groups excluding carboxylic acids is 1. The minimum Gasteiger partial charge on any atom is -0.462 e. The third kappa shape index (κ3) is 5.01. The zero-order chi connectivity index (χ0) is 8.69. The van der Waals surface area contributed by atoms with E-state index >= 15 is 0 Å². The molecule has 0 saturated carbocycles. The highest BCUT2D eigenvalue weighted by Crippen LogP contribution is 1.97. The summed E-state index contributed by atoms with van der Waals surface area (Å²) in [5.74, 6) is -0.214. The number of allylic oxidation sites excluding steroid dienone is 1. The van der Waals surface area contributed by atoms with Crippen molar-refractivity contribution >= 4 is 21.9 Å². The van der Waals surface area contributed by atoms with Gasteiger partial charge in [-0.1, -0.05) is 22.0 Å². The molecule has 11 heavy (non-hydrogen) atoms. The van der Waals surface area contributed by atoms with Crippen LogP contribution in [0.25, 0.3) is 0 Å². The van der Waals surface area contributed by atoms with Crippen LogP contribution in [0.1, 0.15) is 20.3 Å². The highest BCUT2D eigenvalue weighted by atomic mass is 79.9. The molecule has 64 valence electrons. The van der Waals surface area contributed by atoms with Gasteiger partial charge < -0.3 is 4.74 Å². The fourth-order valence-electron chi connectivity index (χ4n) is 0.451. The van der Waals surface area contributed by atoms with Crippen molar-refractivity contribution in [3.05, 3.63) is 11.6 Å². The van der Waals surface area contributed by atoms with Crippen LogP contribution in [0.3, 0.4) is 0 Å². The fraction of sp³-hybridized carbons (Fsp3) is 0.625. The lowest BCUT2D eigenvalue weighted by Crippen LogP contribution is -2.06. The van der Waals surface area contributed by atoms with Crippen molar-refractivity contribution in [2.24, 2.45) is 0 Å². The highest BCUT2D eigenvalue weighted by Gasteiger charge is 2.02. The van der Waals surface area contributed by atoms with E-state index < -0.39 is 0 Å². The summed E-state index contributed by atoms with van der Waals surface area (Å²) in [7, 11) is 0. The largest absolute Gasteiger partial charge is 0.462 e. The maximum absolute atomic E-state index is 10.9. The second kappa shape index (κ2) is 6.40. The lowest BCUT2D eigenvalue weighted by molar-refractivity contribution is -0.138. The number of halogens is 1. The Kier molecular flexibility index (Phi) is 6.22. The van der Waals surface area contributed by atoms with E-state index in [0.717, 1.165) is 11.8 Å². The van der Waals surface area contributed by atoms with Crippen LogP contribution in [0.2, 0.25) is 0 Å². The van der Waals surface area contributed by atoms with Gasteiger partial charge in [0.05, 0.1) is 6.61 Å². The molecule has 0 amide bonds. The summed E-state index contributed by atoms with van der Waals surface area (Å²) in [4.78, 5) is 10.9. The Labute approximate surface area is 75.7 Å². The van der Waals surface area contributed by atoms with Crippen LogP contribution < -0.4 is 0 Å². The van der Waals surface area contributed by atoms with E-state index in [0.29, 0.717) is 12.2 Å². The third-order valence-corrected chi connectivity index (χ3v) is 1.83. The van der Waals surface area contributed by atoms with E-state index in [1.165, 1.54) is 0 Å². The number of carbonyl (C=O) groups is 1. The first-order chi connectivity index (χ1) is 5.22. The first-order valence-electron chi connectivity index (χ1n) is 3.58. The molecule has 0 saturated heterocycles. The number of hydrogen-bond donors (Lipinski definition) is 0. The van der Waals surface area contributed by atoms with E-state index in [4.69, 9.17) is 4.74 Å². The molecule has 0 aromatic carbocycles. The number of hydrogen-bond acceptors (Lipinski definition) is 2. The fourth-order valence-corrected chi connectivity index (χ4v) is 0.680. The van der Waals surface area contributed by atoms with Gasteiger partial charge in [-0.15, -0.1) is 0 Å². The third-order valence-electron chi connectivity index (χ3n) is 1.27. The number of rotatable bonds is 4. The summed E-state index contributed by atoms with van der Waals surface area (Å²) in [6.07, 6.45) is 2.61. The smallest absolute Gasteiger partial charge is 0.333 e. The van der Waals surface area contributed by atoms with Crippen LogP contribution in [-0.2, 0) is 9.53 Å². The van der Waals surface area contributed by atoms with Gasteiger partial charge in [0.25, 0.3) is 0 Å². The number of ether oxygens (including phenoxy) is 1. The summed E-state index contributed by atoms with van der Waals surface area (Å²) < 4.78 is 4.90. The predicted octanol–water partition coefficient (Wildman–Crippen LogP) is 2.28. The molecular formula is C8H13BrO2. The van der Waals surface area contributed by atoms with Crippen LogP contribution in [0, 0.1) is 0 Å². The Bertz CT molecular complexity index is 152. The van der Waals surface area contributed by atoms with Crippen molar-refractivity contribution < 1.29 is 9.53 Å². The first kappa shape index (κ1) is 10.7. The Morgan fingerprint density at radius 2 is 2.27 bits per heavy atom. The molecule has 0 atom stereocenters. The topological polar surface area (TPSA) is 26.3 Å². The molecule has 3 heteroatoms. The number of esters is 1. The molecule has 0 aromatic rings. The normalized spacial score (nSPS) is 11.4. The van der Waals surface area contributed by atoms with Gasteiger partial charge in [-0.05, 0) is 20.3 Å². The summed E-state index contributed by atoms with van der Waals surface area (Å²) in [5, 5.41) is 0.870. The van der Waals surface area contributed by atoms with Crippen molar-refractivity contribution in [1.82, 2.24) is 0 Å². The summed E-state index contributed by atoms with van der Waals surface area (Å²) in [5.41, 5.74) is 0.666.